The van der Waals surface area contributed by atoms with Crippen molar-refractivity contribution in [2.75, 3.05) is 13.6 Å². The second-order valence-corrected chi connectivity index (χ2v) is 9.14. The molecule has 7 unspecified atom stereocenters. The first kappa shape index (κ1) is 19.0. The van der Waals surface area contributed by atoms with Gasteiger partial charge >= 0.3 is 0 Å². The van der Waals surface area contributed by atoms with Gasteiger partial charge in [-0.05, 0) is 60.9 Å². The number of carbonyl (C=O) groups is 1. The van der Waals surface area contributed by atoms with E-state index in [1.54, 1.807) is 17.8 Å². The maximum Gasteiger partial charge on any atom is 0.234 e. The Labute approximate surface area is 164 Å². The topological polar surface area (TPSA) is 61.4 Å². The number of hydrogen-bond donors (Lipinski definition) is 3. The van der Waals surface area contributed by atoms with Crippen LogP contribution in [0, 0.1) is 23.6 Å². The highest BCUT2D eigenvalue weighted by atomic mass is 32.2. The van der Waals surface area contributed by atoms with Crippen LogP contribution in [0.2, 0.25) is 0 Å². The molecule has 1 saturated heterocycles. The van der Waals surface area contributed by atoms with Crippen molar-refractivity contribution in [1.29, 1.82) is 0 Å². The molecule has 0 spiro atoms. The second-order valence-electron chi connectivity index (χ2n) is 8.08. The third-order valence-corrected chi connectivity index (χ3v) is 7.60. The molecule has 4 nitrogen and oxygen atoms in total. The van der Waals surface area contributed by atoms with Crippen LogP contribution in [0.5, 0.6) is 0 Å². The maximum absolute atomic E-state index is 14.7. The van der Waals surface area contributed by atoms with E-state index in [1.807, 2.05) is 24.6 Å². The smallest absolute Gasteiger partial charge is 0.234 e. The molecule has 2 fully saturated rings. The van der Waals surface area contributed by atoms with Gasteiger partial charge in [-0.1, -0.05) is 25.1 Å². The Morgan fingerprint density at radius 3 is 2.96 bits per heavy atom. The summed E-state index contributed by atoms with van der Waals surface area (Å²) in [6, 6.07) is 5.43. The standard InChI is InChI=1S/C21H27FN2O2S/c1-11-9-16(25)17(13-4-3-12(5-7-23-2)15(22)10-13)18-14-6-8-27-20(14)21(26)24-19(11)18/h3-4,6,8,10-11,14,16-20,23,25H,5,7,9H2,1-2H3,(H,24,26). The number of allylic oxidation sites excluding steroid dienone is 1. The molecule has 1 aliphatic carbocycles. The van der Waals surface area contributed by atoms with E-state index in [1.165, 1.54) is 0 Å². The molecule has 1 aromatic carbocycles. The summed E-state index contributed by atoms with van der Waals surface area (Å²) < 4.78 is 14.7. The van der Waals surface area contributed by atoms with Crippen LogP contribution in [0.25, 0.3) is 0 Å². The zero-order chi connectivity index (χ0) is 19.1. The molecule has 3 N–H and O–H groups in total. The number of likely N-dealkylation sites (N-methyl/N-ethyl adjacent to an activating group) is 1. The molecule has 27 heavy (non-hydrogen) atoms. The first-order valence-electron chi connectivity index (χ1n) is 9.74. The maximum atomic E-state index is 14.7. The van der Waals surface area contributed by atoms with Crippen LogP contribution in [0.15, 0.2) is 29.7 Å². The first-order valence-corrected chi connectivity index (χ1v) is 10.7. The number of thioether (sulfide) groups is 1. The number of piperidine rings is 1. The minimum Gasteiger partial charge on any atom is -0.392 e. The lowest BCUT2D eigenvalue weighted by Crippen LogP contribution is -2.62. The van der Waals surface area contributed by atoms with Gasteiger partial charge < -0.3 is 15.7 Å². The van der Waals surface area contributed by atoms with Crippen molar-refractivity contribution >= 4 is 17.7 Å². The summed E-state index contributed by atoms with van der Waals surface area (Å²) in [5, 5.41) is 19.1. The number of rotatable bonds is 4. The van der Waals surface area contributed by atoms with Crippen molar-refractivity contribution in [2.24, 2.45) is 17.8 Å². The molecule has 0 bridgehead atoms. The number of benzene rings is 1. The molecular formula is C21H27FN2O2S. The predicted octanol–water partition coefficient (Wildman–Crippen LogP) is 2.43. The van der Waals surface area contributed by atoms with E-state index >= 15 is 0 Å². The minimum atomic E-state index is -0.529. The number of hydrogen-bond acceptors (Lipinski definition) is 4. The summed E-state index contributed by atoms with van der Waals surface area (Å²) in [7, 11) is 1.85. The van der Waals surface area contributed by atoms with Crippen LogP contribution in [0.4, 0.5) is 4.39 Å². The average Bonchev–Trinajstić information content (AvgIpc) is 3.12. The monoisotopic (exact) mass is 390 g/mol. The lowest BCUT2D eigenvalue weighted by atomic mass is 9.60. The number of amides is 1. The van der Waals surface area contributed by atoms with Gasteiger partial charge in [0.2, 0.25) is 5.91 Å². The fourth-order valence-corrected chi connectivity index (χ4v) is 6.24. The van der Waals surface area contributed by atoms with E-state index in [4.69, 9.17) is 0 Å². The molecule has 0 radical (unpaired) electrons. The Hall–Kier alpha value is -1.37. The summed E-state index contributed by atoms with van der Waals surface area (Å²) in [5.41, 5.74) is 1.53. The Kier molecular flexibility index (Phi) is 5.32. The zero-order valence-electron chi connectivity index (χ0n) is 15.7. The molecule has 6 heteroatoms. The Balaban J connectivity index is 1.69. The summed E-state index contributed by atoms with van der Waals surface area (Å²) in [5.74, 6) is 0.0773. The normalized spacial score (nSPS) is 37.6. The highest BCUT2D eigenvalue weighted by Crippen LogP contribution is 2.51. The largest absolute Gasteiger partial charge is 0.392 e. The molecule has 146 valence electrons. The molecule has 3 aliphatic rings. The quantitative estimate of drug-likeness (QED) is 0.739. The van der Waals surface area contributed by atoms with Gasteiger partial charge in [0.15, 0.2) is 0 Å². The number of aliphatic hydroxyl groups excluding tert-OH is 1. The number of fused-ring (bicyclic) bond motifs is 3. The lowest BCUT2D eigenvalue weighted by molar-refractivity contribution is -0.128. The highest BCUT2D eigenvalue weighted by Gasteiger charge is 2.53. The second kappa shape index (κ2) is 7.57. The van der Waals surface area contributed by atoms with Crippen molar-refractivity contribution in [2.45, 2.75) is 43.1 Å². The van der Waals surface area contributed by atoms with E-state index in [-0.39, 0.29) is 46.7 Å². The Morgan fingerprint density at radius 2 is 2.22 bits per heavy atom. The van der Waals surface area contributed by atoms with Crippen molar-refractivity contribution in [1.82, 2.24) is 10.6 Å². The van der Waals surface area contributed by atoms with E-state index in [0.717, 1.165) is 12.1 Å². The van der Waals surface area contributed by atoms with Crippen LogP contribution in [0.1, 0.15) is 30.4 Å². The van der Waals surface area contributed by atoms with E-state index in [2.05, 4.69) is 23.6 Å². The van der Waals surface area contributed by atoms with Gasteiger partial charge in [-0.3, -0.25) is 4.79 Å². The Morgan fingerprint density at radius 1 is 1.41 bits per heavy atom. The van der Waals surface area contributed by atoms with Crippen molar-refractivity contribution in [3.8, 4) is 0 Å². The molecule has 1 aromatic rings. The molecule has 0 aromatic heterocycles. The van der Waals surface area contributed by atoms with Crippen LogP contribution < -0.4 is 10.6 Å². The van der Waals surface area contributed by atoms with Crippen LogP contribution in [-0.2, 0) is 11.2 Å². The molecule has 1 saturated carbocycles. The average molecular weight is 391 g/mol. The zero-order valence-corrected chi connectivity index (χ0v) is 16.5. The summed E-state index contributed by atoms with van der Waals surface area (Å²) in [4.78, 5) is 12.5. The van der Waals surface area contributed by atoms with Crippen LogP contribution in [-0.4, -0.2) is 42.0 Å². The van der Waals surface area contributed by atoms with Crippen LogP contribution >= 0.6 is 11.8 Å². The number of halogens is 1. The molecule has 2 aliphatic heterocycles. The lowest BCUT2D eigenvalue weighted by Gasteiger charge is -2.51. The molecule has 7 atom stereocenters. The number of aliphatic hydroxyl groups is 1. The van der Waals surface area contributed by atoms with E-state index in [9.17, 15) is 14.3 Å². The van der Waals surface area contributed by atoms with Gasteiger partial charge in [-0.15, -0.1) is 11.8 Å². The van der Waals surface area contributed by atoms with Gasteiger partial charge in [0.1, 0.15) is 5.82 Å². The number of carbonyl (C=O) groups excluding carboxylic acids is 1. The third-order valence-electron chi connectivity index (χ3n) is 6.46. The van der Waals surface area contributed by atoms with Gasteiger partial charge in [0.05, 0.1) is 11.4 Å². The minimum absolute atomic E-state index is 0.0162. The Bertz CT molecular complexity index is 756. The van der Waals surface area contributed by atoms with Gasteiger partial charge in [-0.2, -0.15) is 0 Å². The van der Waals surface area contributed by atoms with Crippen LogP contribution in [0.3, 0.4) is 0 Å². The van der Waals surface area contributed by atoms with Crippen molar-refractivity contribution in [3.63, 3.8) is 0 Å². The van der Waals surface area contributed by atoms with Gasteiger partial charge in [0.25, 0.3) is 0 Å². The fourth-order valence-electron chi connectivity index (χ4n) is 5.15. The van der Waals surface area contributed by atoms with Crippen molar-refractivity contribution < 1.29 is 14.3 Å². The third kappa shape index (κ3) is 3.32. The SMILES string of the molecule is CNCCc1ccc(C2C(O)CC(C)C3NC(=O)C4SC=CC4C32)cc1F. The van der Waals surface area contributed by atoms with Gasteiger partial charge in [-0.25, -0.2) is 4.39 Å². The molecule has 4 rings (SSSR count). The number of nitrogens with one attached hydrogen (secondary N) is 2. The highest BCUT2D eigenvalue weighted by molar-refractivity contribution is 8.03. The summed E-state index contributed by atoms with van der Waals surface area (Å²) >= 11 is 1.55. The molecule has 1 amide bonds. The first-order chi connectivity index (χ1) is 13.0. The molecule has 2 heterocycles. The fraction of sp³-hybridized carbons (Fsp3) is 0.571. The summed E-state index contributed by atoms with van der Waals surface area (Å²) in [6.45, 7) is 2.81. The van der Waals surface area contributed by atoms with Gasteiger partial charge in [0, 0.05) is 17.9 Å². The van der Waals surface area contributed by atoms with Crippen molar-refractivity contribution in [3.05, 3.63) is 46.6 Å². The van der Waals surface area contributed by atoms with E-state index < -0.39 is 6.10 Å². The summed E-state index contributed by atoms with van der Waals surface area (Å²) in [6.07, 6.45) is 2.84. The predicted molar refractivity (Wildman–Crippen MR) is 106 cm³/mol. The van der Waals surface area contributed by atoms with E-state index in [0.29, 0.717) is 18.4 Å². The molecular weight excluding hydrogens is 363 g/mol.